The zero-order valence-electron chi connectivity index (χ0n) is 9.86. The Hall–Kier alpha value is -2.21. The highest BCUT2D eigenvalue weighted by atomic mass is 79.9. The van der Waals surface area contributed by atoms with Gasteiger partial charge >= 0.3 is 0 Å². The van der Waals surface area contributed by atoms with Gasteiger partial charge < -0.3 is 5.73 Å². The van der Waals surface area contributed by atoms with E-state index in [2.05, 4.69) is 31.5 Å². The number of benzene rings is 2. The van der Waals surface area contributed by atoms with Crippen molar-refractivity contribution in [3.63, 3.8) is 0 Å². The number of halogens is 1. The minimum absolute atomic E-state index is 0.683. The lowest BCUT2D eigenvalue weighted by Gasteiger charge is -2.05. The molecular weight excluding hydrogens is 306 g/mol. The monoisotopic (exact) mass is 315 g/mol. The quantitative estimate of drug-likeness (QED) is 0.738. The second kappa shape index (κ2) is 4.81. The molecule has 0 spiro atoms. The maximum atomic E-state index is 5.68. The summed E-state index contributed by atoms with van der Waals surface area (Å²) in [5, 5.41) is 11.8. The van der Waals surface area contributed by atoms with Gasteiger partial charge in [-0.2, -0.15) is 4.68 Å². The Balaban J connectivity index is 2.07. The highest BCUT2D eigenvalue weighted by molar-refractivity contribution is 9.10. The summed E-state index contributed by atoms with van der Waals surface area (Å²) in [7, 11) is 0. The number of aromatic nitrogens is 4. The van der Waals surface area contributed by atoms with Crippen molar-refractivity contribution in [2.75, 3.05) is 5.73 Å². The Morgan fingerprint density at radius 2 is 1.63 bits per heavy atom. The summed E-state index contributed by atoms with van der Waals surface area (Å²) in [6.07, 6.45) is 0. The van der Waals surface area contributed by atoms with Crippen molar-refractivity contribution in [3.8, 4) is 17.1 Å². The molecule has 1 heterocycles. The molecule has 0 bridgehead atoms. The predicted molar refractivity (Wildman–Crippen MR) is 76.7 cm³/mol. The first kappa shape index (κ1) is 11.9. The van der Waals surface area contributed by atoms with Gasteiger partial charge in [0, 0.05) is 15.7 Å². The molecule has 0 aliphatic heterocycles. The van der Waals surface area contributed by atoms with Gasteiger partial charge in [-0.05, 0) is 59.0 Å². The molecule has 2 N–H and O–H groups in total. The zero-order chi connectivity index (χ0) is 13.2. The first-order valence-corrected chi connectivity index (χ1v) is 6.43. The van der Waals surface area contributed by atoms with Gasteiger partial charge in [-0.15, -0.1) is 5.10 Å². The fourth-order valence-corrected chi connectivity index (χ4v) is 2.02. The SMILES string of the molecule is Nc1ccc(-c2nnnn2-c2ccc(Br)cc2)cc1. The number of rotatable bonds is 2. The van der Waals surface area contributed by atoms with Crippen LogP contribution in [0, 0.1) is 0 Å². The van der Waals surface area contributed by atoms with Crippen LogP contribution >= 0.6 is 15.9 Å². The van der Waals surface area contributed by atoms with Crippen molar-refractivity contribution in [1.82, 2.24) is 20.2 Å². The molecule has 3 aromatic rings. The maximum Gasteiger partial charge on any atom is 0.187 e. The van der Waals surface area contributed by atoms with Crippen LogP contribution in [0.25, 0.3) is 17.1 Å². The Bertz CT molecular complexity index is 628. The number of nitrogens with two attached hydrogens (primary N) is 1. The lowest BCUT2D eigenvalue weighted by molar-refractivity contribution is 0.791. The van der Waals surface area contributed by atoms with Crippen LogP contribution in [-0.2, 0) is 0 Å². The van der Waals surface area contributed by atoms with Crippen LogP contribution in [0.3, 0.4) is 0 Å². The van der Waals surface area contributed by atoms with Gasteiger partial charge in [-0.3, -0.25) is 0 Å². The van der Waals surface area contributed by atoms with Crippen LogP contribution in [0.2, 0.25) is 0 Å². The molecule has 0 unspecified atom stereocenters. The summed E-state index contributed by atoms with van der Waals surface area (Å²) >= 11 is 3.41. The molecule has 3 rings (SSSR count). The zero-order valence-corrected chi connectivity index (χ0v) is 11.4. The molecule has 0 saturated carbocycles. The van der Waals surface area contributed by atoms with E-state index in [1.807, 2.05) is 48.5 Å². The fraction of sp³-hybridized carbons (Fsp3) is 0. The van der Waals surface area contributed by atoms with Gasteiger partial charge in [0.1, 0.15) is 0 Å². The van der Waals surface area contributed by atoms with E-state index in [0.29, 0.717) is 11.5 Å². The molecule has 0 aliphatic carbocycles. The van der Waals surface area contributed by atoms with Crippen LogP contribution in [0.1, 0.15) is 0 Å². The molecule has 2 aromatic carbocycles. The molecule has 94 valence electrons. The number of hydrogen-bond acceptors (Lipinski definition) is 4. The number of tetrazole rings is 1. The van der Waals surface area contributed by atoms with E-state index < -0.39 is 0 Å². The van der Waals surface area contributed by atoms with Gasteiger partial charge in [-0.1, -0.05) is 15.9 Å². The van der Waals surface area contributed by atoms with E-state index in [1.54, 1.807) is 4.68 Å². The molecule has 0 radical (unpaired) electrons. The van der Waals surface area contributed by atoms with E-state index >= 15 is 0 Å². The van der Waals surface area contributed by atoms with E-state index in [0.717, 1.165) is 15.7 Å². The van der Waals surface area contributed by atoms with Crippen LogP contribution in [-0.4, -0.2) is 20.2 Å². The van der Waals surface area contributed by atoms with Crippen molar-refractivity contribution < 1.29 is 0 Å². The van der Waals surface area contributed by atoms with Crippen molar-refractivity contribution in [2.45, 2.75) is 0 Å². The standard InChI is InChI=1S/C13H10BrN5/c14-10-3-7-12(8-4-10)19-13(16-17-18-19)9-1-5-11(15)6-2-9/h1-8H,15H2. The third-order valence-electron chi connectivity index (χ3n) is 2.71. The average Bonchev–Trinajstić information content (AvgIpc) is 2.90. The third kappa shape index (κ3) is 2.34. The molecule has 5 nitrogen and oxygen atoms in total. The van der Waals surface area contributed by atoms with Crippen molar-refractivity contribution in [3.05, 3.63) is 53.0 Å². The molecule has 0 aliphatic rings. The second-order valence-electron chi connectivity index (χ2n) is 4.01. The molecule has 0 amide bonds. The van der Waals surface area contributed by atoms with Crippen LogP contribution in [0.4, 0.5) is 5.69 Å². The molecule has 1 aromatic heterocycles. The summed E-state index contributed by atoms with van der Waals surface area (Å²) in [6, 6.07) is 15.2. The third-order valence-corrected chi connectivity index (χ3v) is 3.24. The molecule has 0 saturated heterocycles. The number of nitrogen functional groups attached to an aromatic ring is 1. The van der Waals surface area contributed by atoms with E-state index in [1.165, 1.54) is 0 Å². The van der Waals surface area contributed by atoms with Crippen molar-refractivity contribution in [1.29, 1.82) is 0 Å². The van der Waals surface area contributed by atoms with Gasteiger partial charge in [0.2, 0.25) is 0 Å². The van der Waals surface area contributed by atoms with Crippen LogP contribution < -0.4 is 5.73 Å². The molecule has 6 heteroatoms. The first-order chi connectivity index (χ1) is 9.24. The Labute approximate surface area is 118 Å². The predicted octanol–water partition coefficient (Wildman–Crippen LogP) is 2.67. The summed E-state index contributed by atoms with van der Waals surface area (Å²) in [4.78, 5) is 0. The van der Waals surface area contributed by atoms with Crippen molar-refractivity contribution >= 4 is 21.6 Å². The number of hydrogen-bond donors (Lipinski definition) is 1. The Morgan fingerprint density at radius 3 is 2.32 bits per heavy atom. The van der Waals surface area contributed by atoms with Gasteiger partial charge in [0.15, 0.2) is 5.82 Å². The minimum atomic E-state index is 0.683. The molecule has 0 fully saturated rings. The van der Waals surface area contributed by atoms with E-state index in [9.17, 15) is 0 Å². The Morgan fingerprint density at radius 1 is 0.947 bits per heavy atom. The highest BCUT2D eigenvalue weighted by Crippen LogP contribution is 2.21. The number of anilines is 1. The highest BCUT2D eigenvalue weighted by Gasteiger charge is 2.10. The van der Waals surface area contributed by atoms with Crippen LogP contribution in [0.5, 0.6) is 0 Å². The van der Waals surface area contributed by atoms with Gasteiger partial charge in [0.25, 0.3) is 0 Å². The lowest BCUT2D eigenvalue weighted by Crippen LogP contribution is -1.99. The van der Waals surface area contributed by atoms with Gasteiger partial charge in [0.05, 0.1) is 5.69 Å². The van der Waals surface area contributed by atoms with Gasteiger partial charge in [-0.25, -0.2) is 0 Å². The fourth-order valence-electron chi connectivity index (χ4n) is 1.76. The number of nitrogens with zero attached hydrogens (tertiary/aromatic N) is 4. The molecule has 19 heavy (non-hydrogen) atoms. The van der Waals surface area contributed by atoms with E-state index in [-0.39, 0.29) is 0 Å². The lowest BCUT2D eigenvalue weighted by atomic mass is 10.2. The first-order valence-electron chi connectivity index (χ1n) is 5.64. The second-order valence-corrected chi connectivity index (χ2v) is 4.93. The summed E-state index contributed by atoms with van der Waals surface area (Å²) < 4.78 is 2.70. The minimum Gasteiger partial charge on any atom is -0.399 e. The average molecular weight is 316 g/mol. The summed E-state index contributed by atoms with van der Waals surface area (Å²) in [6.45, 7) is 0. The van der Waals surface area contributed by atoms with Crippen molar-refractivity contribution in [2.24, 2.45) is 0 Å². The molecule has 0 atom stereocenters. The normalized spacial score (nSPS) is 10.6. The Kier molecular flexibility index (Phi) is 3.00. The topological polar surface area (TPSA) is 69.6 Å². The van der Waals surface area contributed by atoms with E-state index in [4.69, 9.17) is 5.73 Å². The maximum absolute atomic E-state index is 5.68. The smallest absolute Gasteiger partial charge is 0.187 e. The largest absolute Gasteiger partial charge is 0.399 e. The van der Waals surface area contributed by atoms with Crippen LogP contribution in [0.15, 0.2) is 53.0 Å². The molecular formula is C13H10BrN5. The summed E-state index contributed by atoms with van der Waals surface area (Å²) in [5.41, 5.74) is 8.22. The summed E-state index contributed by atoms with van der Waals surface area (Å²) in [5.74, 6) is 0.683.